The van der Waals surface area contributed by atoms with Crippen LogP contribution in [0.5, 0.6) is 0 Å². The van der Waals surface area contributed by atoms with Crippen molar-refractivity contribution >= 4 is 12.0 Å². The first-order valence-electron chi connectivity index (χ1n) is 9.20. The fourth-order valence-corrected chi connectivity index (χ4v) is 2.67. The number of alkyl carbamates (subject to hydrolysis) is 1. The molecule has 0 aliphatic rings. The van der Waals surface area contributed by atoms with Crippen molar-refractivity contribution in [1.82, 2.24) is 10.6 Å². The molecule has 2 aromatic carbocycles. The minimum absolute atomic E-state index is 0.119. The second-order valence-electron chi connectivity index (χ2n) is 6.81. The maximum absolute atomic E-state index is 12.6. The normalized spacial score (nSPS) is 12.5. The largest absolute Gasteiger partial charge is 0.445 e. The summed E-state index contributed by atoms with van der Waals surface area (Å²) in [6.45, 7) is 3.76. The summed E-state index contributed by atoms with van der Waals surface area (Å²) in [6, 6.07) is 19.4. The molecule has 0 aliphatic heterocycles. The number of rotatable bonds is 8. The summed E-state index contributed by atoms with van der Waals surface area (Å²) < 4.78 is 5.19. The van der Waals surface area contributed by atoms with E-state index in [0.717, 1.165) is 11.1 Å². The Morgan fingerprint density at radius 1 is 0.964 bits per heavy atom. The maximum Gasteiger partial charge on any atom is 0.408 e. The minimum atomic E-state index is -0.796. The topological polar surface area (TPSA) is 91.2 Å². The van der Waals surface area contributed by atoms with Crippen LogP contribution in [0.3, 0.4) is 0 Å². The van der Waals surface area contributed by atoms with Gasteiger partial charge >= 0.3 is 6.09 Å². The Balaban J connectivity index is 1.91. The van der Waals surface area contributed by atoms with Crippen molar-refractivity contribution in [3.05, 3.63) is 71.8 Å². The highest BCUT2D eigenvalue weighted by Crippen LogP contribution is 2.07. The number of nitrogens with one attached hydrogen (secondary N) is 2. The van der Waals surface area contributed by atoms with E-state index in [1.807, 2.05) is 74.5 Å². The molecule has 2 amide bonds. The Labute approximate surface area is 165 Å². The summed E-state index contributed by atoms with van der Waals surface area (Å²) >= 11 is 0. The molecule has 0 saturated heterocycles. The second-order valence-corrected chi connectivity index (χ2v) is 6.81. The van der Waals surface area contributed by atoms with Gasteiger partial charge in [-0.1, -0.05) is 74.5 Å². The molecule has 0 radical (unpaired) electrons. The summed E-state index contributed by atoms with van der Waals surface area (Å²) in [6.07, 6.45) is -0.277. The SMILES string of the molecule is CC(C)C(NC(=O)OCc1ccccc1)C(=O)NC(C#N)Cc1ccccc1. The lowest BCUT2D eigenvalue weighted by Crippen LogP contribution is -2.52. The molecule has 6 heteroatoms. The molecule has 0 spiro atoms. The van der Waals surface area contributed by atoms with Gasteiger partial charge in [-0.2, -0.15) is 5.26 Å². The number of hydrogen-bond acceptors (Lipinski definition) is 4. The third-order valence-electron chi connectivity index (χ3n) is 4.19. The summed E-state index contributed by atoms with van der Waals surface area (Å²) in [5, 5.41) is 14.7. The van der Waals surface area contributed by atoms with Crippen LogP contribution in [0.25, 0.3) is 0 Å². The van der Waals surface area contributed by atoms with Crippen LogP contribution >= 0.6 is 0 Å². The van der Waals surface area contributed by atoms with Crippen LogP contribution in [0.2, 0.25) is 0 Å². The van der Waals surface area contributed by atoms with Gasteiger partial charge in [0.05, 0.1) is 6.07 Å². The van der Waals surface area contributed by atoms with Gasteiger partial charge in [0.1, 0.15) is 18.7 Å². The van der Waals surface area contributed by atoms with E-state index >= 15 is 0 Å². The highest BCUT2D eigenvalue weighted by molar-refractivity contribution is 5.86. The van der Waals surface area contributed by atoms with Gasteiger partial charge in [-0.3, -0.25) is 4.79 Å². The zero-order valence-electron chi connectivity index (χ0n) is 16.1. The van der Waals surface area contributed by atoms with Gasteiger partial charge < -0.3 is 15.4 Å². The number of amides is 2. The van der Waals surface area contributed by atoms with Gasteiger partial charge in [0.15, 0.2) is 0 Å². The Morgan fingerprint density at radius 2 is 1.54 bits per heavy atom. The van der Waals surface area contributed by atoms with Crippen molar-refractivity contribution in [1.29, 1.82) is 5.26 Å². The van der Waals surface area contributed by atoms with E-state index in [1.165, 1.54) is 0 Å². The first kappa shape index (κ1) is 21.0. The van der Waals surface area contributed by atoms with E-state index in [1.54, 1.807) is 0 Å². The van der Waals surface area contributed by atoms with Crippen molar-refractivity contribution in [2.45, 2.75) is 39.0 Å². The quantitative estimate of drug-likeness (QED) is 0.737. The summed E-state index contributed by atoms with van der Waals surface area (Å²) in [4.78, 5) is 24.7. The fourth-order valence-electron chi connectivity index (χ4n) is 2.67. The lowest BCUT2D eigenvalue weighted by Gasteiger charge is -2.23. The van der Waals surface area contributed by atoms with Crippen molar-refractivity contribution in [2.75, 3.05) is 0 Å². The molecule has 146 valence electrons. The van der Waals surface area contributed by atoms with Crippen LogP contribution in [0, 0.1) is 17.2 Å². The molecule has 2 N–H and O–H groups in total. The Bertz CT molecular complexity index is 801. The molecule has 0 aromatic heterocycles. The van der Waals surface area contributed by atoms with E-state index in [-0.39, 0.29) is 12.5 Å². The zero-order chi connectivity index (χ0) is 20.4. The third-order valence-corrected chi connectivity index (χ3v) is 4.19. The van der Waals surface area contributed by atoms with Crippen LogP contribution in [0.15, 0.2) is 60.7 Å². The van der Waals surface area contributed by atoms with E-state index < -0.39 is 24.1 Å². The first-order chi connectivity index (χ1) is 13.5. The second kappa shape index (κ2) is 10.7. The number of nitriles is 1. The Hall–Kier alpha value is -3.33. The third kappa shape index (κ3) is 6.76. The molecule has 0 saturated carbocycles. The van der Waals surface area contributed by atoms with Crippen LogP contribution in [0.4, 0.5) is 4.79 Å². The van der Waals surface area contributed by atoms with Gasteiger partial charge in [0, 0.05) is 6.42 Å². The van der Waals surface area contributed by atoms with Gasteiger partial charge in [-0.05, 0) is 17.0 Å². The molecule has 0 heterocycles. The number of carbonyl (C=O) groups is 2. The minimum Gasteiger partial charge on any atom is -0.445 e. The summed E-state index contributed by atoms with van der Waals surface area (Å²) in [7, 11) is 0. The van der Waals surface area contributed by atoms with Gasteiger partial charge in [-0.15, -0.1) is 0 Å². The van der Waals surface area contributed by atoms with E-state index in [9.17, 15) is 14.9 Å². The molecule has 0 aliphatic carbocycles. The van der Waals surface area contributed by atoms with E-state index in [2.05, 4.69) is 16.7 Å². The standard InChI is InChI=1S/C22H25N3O3/c1-16(2)20(25-22(27)28-15-18-11-7-4-8-12-18)21(26)24-19(14-23)13-17-9-5-3-6-10-17/h3-12,16,19-20H,13,15H2,1-2H3,(H,24,26)(H,25,27). The molecule has 2 rings (SSSR count). The Morgan fingerprint density at radius 3 is 2.07 bits per heavy atom. The predicted molar refractivity (Wildman–Crippen MR) is 106 cm³/mol. The predicted octanol–water partition coefficient (Wildman–Crippen LogP) is 3.19. The molecule has 0 bridgehead atoms. The van der Waals surface area contributed by atoms with E-state index in [0.29, 0.717) is 6.42 Å². The number of nitrogens with zero attached hydrogens (tertiary/aromatic N) is 1. The molecule has 6 nitrogen and oxygen atoms in total. The molecule has 2 unspecified atom stereocenters. The average molecular weight is 379 g/mol. The van der Waals surface area contributed by atoms with Crippen molar-refractivity contribution in [3.8, 4) is 6.07 Å². The fraction of sp³-hybridized carbons (Fsp3) is 0.318. The van der Waals surface area contributed by atoms with E-state index in [4.69, 9.17) is 4.74 Å². The number of benzene rings is 2. The molecule has 28 heavy (non-hydrogen) atoms. The number of carbonyl (C=O) groups excluding carboxylic acids is 2. The van der Waals surface area contributed by atoms with Crippen molar-refractivity contribution in [3.63, 3.8) is 0 Å². The first-order valence-corrected chi connectivity index (χ1v) is 9.20. The van der Waals surface area contributed by atoms with Crippen molar-refractivity contribution in [2.24, 2.45) is 5.92 Å². The average Bonchev–Trinajstić information content (AvgIpc) is 2.71. The van der Waals surface area contributed by atoms with Crippen LogP contribution < -0.4 is 10.6 Å². The van der Waals surface area contributed by atoms with Crippen LogP contribution in [-0.2, 0) is 22.6 Å². The zero-order valence-corrected chi connectivity index (χ0v) is 16.1. The Kier molecular flexibility index (Phi) is 8.04. The highest BCUT2D eigenvalue weighted by atomic mass is 16.5. The molecule has 2 atom stereocenters. The summed E-state index contributed by atoms with van der Waals surface area (Å²) in [5.41, 5.74) is 1.81. The van der Waals surface area contributed by atoms with Gasteiger partial charge in [0.25, 0.3) is 0 Å². The lowest BCUT2D eigenvalue weighted by atomic mass is 10.0. The maximum atomic E-state index is 12.6. The summed E-state index contributed by atoms with van der Waals surface area (Å²) in [5.74, 6) is -0.575. The molecular weight excluding hydrogens is 354 g/mol. The molecular formula is C22H25N3O3. The van der Waals surface area contributed by atoms with Crippen LogP contribution in [-0.4, -0.2) is 24.1 Å². The monoisotopic (exact) mass is 379 g/mol. The smallest absolute Gasteiger partial charge is 0.408 e. The van der Waals surface area contributed by atoms with Gasteiger partial charge in [0.2, 0.25) is 5.91 Å². The highest BCUT2D eigenvalue weighted by Gasteiger charge is 2.26. The van der Waals surface area contributed by atoms with Crippen molar-refractivity contribution < 1.29 is 14.3 Å². The number of ether oxygens (including phenoxy) is 1. The lowest BCUT2D eigenvalue weighted by molar-refractivity contribution is -0.124. The number of hydrogen-bond donors (Lipinski definition) is 2. The molecule has 0 fully saturated rings. The van der Waals surface area contributed by atoms with Gasteiger partial charge in [-0.25, -0.2) is 4.79 Å². The molecule has 2 aromatic rings. The van der Waals surface area contributed by atoms with Crippen LogP contribution in [0.1, 0.15) is 25.0 Å².